The average Bonchev–Trinajstić information content (AvgIpc) is 2.67. The maximum Gasteiger partial charge on any atom is 0.243 e. The normalized spacial score (nSPS) is 16.0. The fourth-order valence-corrected chi connectivity index (χ4v) is 4.51. The van der Waals surface area contributed by atoms with Crippen LogP contribution in [0.1, 0.15) is 0 Å². The standard InChI is InChI=1S/C18H17ClF3N3O3S/c19-14-9-12(1-3-15(14)20)23-18(26)11-24-5-7-25(8-6-24)29(27,28)13-2-4-16(21)17(22)10-13/h1-4,9-10H,5-8,11H2,(H,23,26). The molecule has 2 aromatic carbocycles. The minimum absolute atomic E-state index is 0.00800. The summed E-state index contributed by atoms with van der Waals surface area (Å²) in [6.45, 7) is 0.753. The molecule has 1 saturated heterocycles. The SMILES string of the molecule is O=C(CN1CCN(S(=O)(=O)c2ccc(F)c(F)c2)CC1)Nc1ccc(F)c(Cl)c1. The Kier molecular flexibility index (Phi) is 6.47. The first-order chi connectivity index (χ1) is 13.7. The Hall–Kier alpha value is -2.14. The van der Waals surface area contributed by atoms with E-state index in [9.17, 15) is 26.4 Å². The average molecular weight is 448 g/mol. The number of halogens is 4. The van der Waals surface area contributed by atoms with E-state index in [4.69, 9.17) is 11.6 Å². The molecule has 0 saturated carbocycles. The van der Waals surface area contributed by atoms with E-state index < -0.39 is 27.5 Å². The van der Waals surface area contributed by atoms with Gasteiger partial charge in [0, 0.05) is 31.9 Å². The monoisotopic (exact) mass is 447 g/mol. The lowest BCUT2D eigenvalue weighted by atomic mass is 10.3. The van der Waals surface area contributed by atoms with Crippen LogP contribution in [0, 0.1) is 17.5 Å². The van der Waals surface area contributed by atoms with Crippen molar-refractivity contribution < 1.29 is 26.4 Å². The molecule has 6 nitrogen and oxygen atoms in total. The Labute approximate surface area is 170 Å². The summed E-state index contributed by atoms with van der Waals surface area (Å²) in [5.74, 6) is -3.31. The number of rotatable bonds is 5. The number of nitrogens with zero attached hydrogens (tertiary/aromatic N) is 2. The zero-order valence-electron chi connectivity index (χ0n) is 15.0. The number of carbonyl (C=O) groups is 1. The smallest absolute Gasteiger partial charge is 0.243 e. The molecular formula is C18H17ClF3N3O3S. The summed E-state index contributed by atoms with van der Waals surface area (Å²) >= 11 is 5.67. The van der Waals surface area contributed by atoms with E-state index >= 15 is 0 Å². The molecule has 2 aromatic rings. The first-order valence-corrected chi connectivity index (χ1v) is 10.4. The quantitative estimate of drug-likeness (QED) is 0.765. The lowest BCUT2D eigenvalue weighted by molar-refractivity contribution is -0.117. The van der Waals surface area contributed by atoms with Gasteiger partial charge in [0.2, 0.25) is 15.9 Å². The molecule has 0 unspecified atom stereocenters. The second kappa shape index (κ2) is 8.70. The van der Waals surface area contributed by atoms with E-state index in [0.29, 0.717) is 11.8 Å². The van der Waals surface area contributed by atoms with Crippen molar-refractivity contribution in [2.75, 3.05) is 38.0 Å². The number of hydrogen-bond donors (Lipinski definition) is 1. The number of hydrogen-bond acceptors (Lipinski definition) is 4. The molecule has 0 aromatic heterocycles. The highest BCUT2D eigenvalue weighted by molar-refractivity contribution is 7.89. The van der Waals surface area contributed by atoms with Crippen molar-refractivity contribution in [3.05, 3.63) is 58.9 Å². The summed E-state index contributed by atoms with van der Waals surface area (Å²) < 4.78 is 65.9. The van der Waals surface area contributed by atoms with Gasteiger partial charge >= 0.3 is 0 Å². The van der Waals surface area contributed by atoms with Crippen molar-refractivity contribution >= 4 is 33.2 Å². The van der Waals surface area contributed by atoms with Crippen molar-refractivity contribution in [2.24, 2.45) is 0 Å². The summed E-state index contributed by atoms with van der Waals surface area (Å²) in [5, 5.41) is 2.48. The van der Waals surface area contributed by atoms with Crippen molar-refractivity contribution in [1.29, 1.82) is 0 Å². The Morgan fingerprint density at radius 2 is 1.62 bits per heavy atom. The fourth-order valence-electron chi connectivity index (χ4n) is 2.89. The van der Waals surface area contributed by atoms with Crippen LogP contribution in [0.2, 0.25) is 5.02 Å². The number of piperazine rings is 1. The maximum absolute atomic E-state index is 13.4. The van der Waals surface area contributed by atoms with Gasteiger partial charge in [-0.05, 0) is 36.4 Å². The second-order valence-electron chi connectivity index (χ2n) is 6.43. The third-order valence-corrected chi connectivity index (χ3v) is 6.61. The second-order valence-corrected chi connectivity index (χ2v) is 8.78. The molecule has 0 spiro atoms. The van der Waals surface area contributed by atoms with Gasteiger partial charge in [0.15, 0.2) is 11.6 Å². The third kappa shape index (κ3) is 5.08. The summed E-state index contributed by atoms with van der Waals surface area (Å²) in [6, 6.07) is 6.25. The molecular weight excluding hydrogens is 431 g/mol. The highest BCUT2D eigenvalue weighted by Crippen LogP contribution is 2.21. The van der Waals surface area contributed by atoms with Crippen LogP contribution in [-0.4, -0.2) is 56.3 Å². The zero-order chi connectivity index (χ0) is 21.2. The summed E-state index contributed by atoms with van der Waals surface area (Å²) in [5.41, 5.74) is 0.348. The van der Waals surface area contributed by atoms with Crippen LogP contribution < -0.4 is 5.32 Å². The molecule has 0 aliphatic carbocycles. The maximum atomic E-state index is 13.4. The molecule has 1 heterocycles. The summed E-state index contributed by atoms with van der Waals surface area (Å²) in [4.78, 5) is 13.6. The minimum atomic E-state index is -3.96. The van der Waals surface area contributed by atoms with Gasteiger partial charge < -0.3 is 5.32 Å². The molecule has 3 rings (SSSR count). The fraction of sp³-hybridized carbons (Fsp3) is 0.278. The zero-order valence-corrected chi connectivity index (χ0v) is 16.6. The molecule has 29 heavy (non-hydrogen) atoms. The molecule has 1 amide bonds. The van der Waals surface area contributed by atoms with Crippen molar-refractivity contribution in [3.63, 3.8) is 0 Å². The molecule has 1 fully saturated rings. The van der Waals surface area contributed by atoms with E-state index in [-0.39, 0.29) is 48.5 Å². The molecule has 0 radical (unpaired) electrons. The Balaban J connectivity index is 1.56. The molecule has 156 valence electrons. The van der Waals surface area contributed by atoms with Crippen molar-refractivity contribution in [2.45, 2.75) is 4.90 Å². The Morgan fingerprint density at radius 3 is 2.24 bits per heavy atom. The number of amides is 1. The van der Waals surface area contributed by atoms with E-state index in [0.717, 1.165) is 22.5 Å². The Morgan fingerprint density at radius 1 is 0.966 bits per heavy atom. The van der Waals surface area contributed by atoms with Gasteiger partial charge in [0.25, 0.3) is 0 Å². The van der Waals surface area contributed by atoms with Gasteiger partial charge in [-0.2, -0.15) is 4.31 Å². The van der Waals surface area contributed by atoms with Gasteiger partial charge in [-0.1, -0.05) is 11.6 Å². The number of benzene rings is 2. The van der Waals surface area contributed by atoms with E-state index in [2.05, 4.69) is 5.32 Å². The molecule has 1 aliphatic rings. The molecule has 0 bridgehead atoms. The third-order valence-electron chi connectivity index (χ3n) is 4.43. The van der Waals surface area contributed by atoms with E-state index in [1.807, 2.05) is 0 Å². The number of carbonyl (C=O) groups excluding carboxylic acids is 1. The largest absolute Gasteiger partial charge is 0.325 e. The van der Waals surface area contributed by atoms with Gasteiger partial charge in [0.1, 0.15) is 5.82 Å². The summed E-state index contributed by atoms with van der Waals surface area (Å²) in [6.07, 6.45) is 0. The van der Waals surface area contributed by atoms with Crippen LogP contribution in [0.4, 0.5) is 18.9 Å². The van der Waals surface area contributed by atoms with Crippen LogP contribution in [0.5, 0.6) is 0 Å². The van der Waals surface area contributed by atoms with Crippen LogP contribution >= 0.6 is 11.6 Å². The van der Waals surface area contributed by atoms with E-state index in [1.165, 1.54) is 12.1 Å². The lowest BCUT2D eigenvalue weighted by Gasteiger charge is -2.33. The first kappa shape index (κ1) is 21.6. The van der Waals surface area contributed by atoms with Gasteiger partial charge in [0.05, 0.1) is 16.5 Å². The van der Waals surface area contributed by atoms with E-state index in [1.54, 1.807) is 4.90 Å². The number of sulfonamides is 1. The van der Waals surface area contributed by atoms with Crippen molar-refractivity contribution in [1.82, 2.24) is 9.21 Å². The van der Waals surface area contributed by atoms with Crippen LogP contribution in [-0.2, 0) is 14.8 Å². The van der Waals surface area contributed by atoms with Crippen LogP contribution in [0.15, 0.2) is 41.3 Å². The first-order valence-electron chi connectivity index (χ1n) is 8.59. The van der Waals surface area contributed by atoms with Gasteiger partial charge in [-0.3, -0.25) is 9.69 Å². The highest BCUT2D eigenvalue weighted by atomic mass is 35.5. The van der Waals surface area contributed by atoms with Crippen LogP contribution in [0.3, 0.4) is 0 Å². The highest BCUT2D eigenvalue weighted by Gasteiger charge is 2.29. The van der Waals surface area contributed by atoms with Crippen molar-refractivity contribution in [3.8, 4) is 0 Å². The topological polar surface area (TPSA) is 69.7 Å². The van der Waals surface area contributed by atoms with Gasteiger partial charge in [-0.25, -0.2) is 21.6 Å². The molecule has 1 N–H and O–H groups in total. The lowest BCUT2D eigenvalue weighted by Crippen LogP contribution is -2.50. The summed E-state index contributed by atoms with van der Waals surface area (Å²) in [7, 11) is -3.96. The van der Waals surface area contributed by atoms with Gasteiger partial charge in [-0.15, -0.1) is 0 Å². The predicted molar refractivity (Wildman–Crippen MR) is 102 cm³/mol. The molecule has 0 atom stereocenters. The number of nitrogens with one attached hydrogen (secondary N) is 1. The van der Waals surface area contributed by atoms with Crippen LogP contribution in [0.25, 0.3) is 0 Å². The number of anilines is 1. The predicted octanol–water partition coefficient (Wildman–Crippen LogP) is 2.70. The Bertz CT molecular complexity index is 1030. The molecule has 11 heteroatoms. The minimum Gasteiger partial charge on any atom is -0.325 e. The molecule has 1 aliphatic heterocycles.